The molecule has 0 aliphatic carbocycles. The third-order valence-corrected chi connectivity index (χ3v) is 3.98. The maximum atomic E-state index is 4.69. The third kappa shape index (κ3) is 5.78. The lowest BCUT2D eigenvalue weighted by Gasteiger charge is -2.14. The summed E-state index contributed by atoms with van der Waals surface area (Å²) in [6.07, 6.45) is 1.83. The fourth-order valence-corrected chi connectivity index (χ4v) is 2.54. The highest BCUT2D eigenvalue weighted by Gasteiger charge is 2.03. The summed E-state index contributed by atoms with van der Waals surface area (Å²) in [5.41, 5.74) is 5.02. The van der Waals surface area contributed by atoms with Gasteiger partial charge in [-0.05, 0) is 49.6 Å². The Hall–Kier alpha value is -2.56. The van der Waals surface area contributed by atoms with Crippen LogP contribution in [-0.2, 0) is 13.1 Å². The first kappa shape index (κ1) is 18.8. The second-order valence-corrected chi connectivity index (χ2v) is 6.40. The summed E-state index contributed by atoms with van der Waals surface area (Å²) in [6, 6.07) is 10.6. The zero-order chi connectivity index (χ0) is 18.2. The van der Waals surface area contributed by atoms with Crippen molar-refractivity contribution in [3.05, 3.63) is 58.8 Å². The molecular formula is C20H29N5. The fraction of sp³-hybridized carbons (Fsp3) is 0.400. The normalized spacial score (nSPS) is 11.3. The molecule has 0 amide bonds. The molecule has 0 saturated heterocycles. The minimum atomic E-state index is 0.617. The Morgan fingerprint density at radius 3 is 2.60 bits per heavy atom. The summed E-state index contributed by atoms with van der Waals surface area (Å²) in [5, 5.41) is 6.72. The summed E-state index contributed by atoms with van der Waals surface area (Å²) in [6.45, 7) is 8.55. The lowest BCUT2D eigenvalue weighted by atomic mass is 10.1. The average molecular weight is 339 g/mol. The van der Waals surface area contributed by atoms with Gasteiger partial charge >= 0.3 is 0 Å². The van der Waals surface area contributed by atoms with Crippen molar-refractivity contribution in [1.82, 2.24) is 15.6 Å². The quantitative estimate of drug-likeness (QED) is 0.627. The van der Waals surface area contributed by atoms with Gasteiger partial charge in [0.25, 0.3) is 0 Å². The van der Waals surface area contributed by atoms with Gasteiger partial charge in [-0.3, -0.25) is 0 Å². The van der Waals surface area contributed by atoms with Crippen molar-refractivity contribution in [3.63, 3.8) is 0 Å². The molecule has 1 aromatic heterocycles. The number of aryl methyl sites for hydroxylation is 2. The smallest absolute Gasteiger partial charge is 0.191 e. The van der Waals surface area contributed by atoms with Gasteiger partial charge in [0.1, 0.15) is 5.82 Å². The molecule has 0 atom stereocenters. The number of hydrogen-bond donors (Lipinski definition) is 2. The maximum absolute atomic E-state index is 4.69. The summed E-state index contributed by atoms with van der Waals surface area (Å²) in [5.74, 6) is 1.77. The van der Waals surface area contributed by atoms with Crippen molar-refractivity contribution in [3.8, 4) is 0 Å². The molecule has 5 nitrogen and oxygen atoms in total. The Labute approximate surface area is 151 Å². The van der Waals surface area contributed by atoms with Crippen molar-refractivity contribution >= 4 is 11.8 Å². The lowest BCUT2D eigenvalue weighted by molar-refractivity contribution is 0.812. The Bertz CT molecular complexity index is 722. The number of nitrogens with zero attached hydrogens (tertiary/aromatic N) is 3. The first-order valence-corrected chi connectivity index (χ1v) is 8.70. The molecule has 1 aromatic carbocycles. The Kier molecular flexibility index (Phi) is 6.81. The second kappa shape index (κ2) is 9.06. The molecule has 25 heavy (non-hydrogen) atoms. The van der Waals surface area contributed by atoms with Crippen LogP contribution in [0.2, 0.25) is 0 Å². The molecule has 5 heteroatoms. The first-order valence-electron chi connectivity index (χ1n) is 8.70. The molecule has 0 fully saturated rings. The molecule has 0 bridgehead atoms. The largest absolute Gasteiger partial charge is 0.363 e. The molecule has 0 unspecified atom stereocenters. The highest BCUT2D eigenvalue weighted by molar-refractivity contribution is 5.79. The van der Waals surface area contributed by atoms with Gasteiger partial charge < -0.3 is 15.5 Å². The van der Waals surface area contributed by atoms with E-state index in [0.717, 1.165) is 30.4 Å². The predicted octanol–water partition coefficient (Wildman–Crippen LogP) is 3.02. The Morgan fingerprint density at radius 1 is 1.12 bits per heavy atom. The van der Waals surface area contributed by atoms with Crippen LogP contribution < -0.4 is 15.5 Å². The minimum absolute atomic E-state index is 0.617. The molecule has 134 valence electrons. The predicted molar refractivity (Wildman–Crippen MR) is 106 cm³/mol. The number of anilines is 1. The van der Waals surface area contributed by atoms with Gasteiger partial charge in [0.05, 0.1) is 6.54 Å². The molecular weight excluding hydrogens is 310 g/mol. The molecule has 0 spiro atoms. The van der Waals surface area contributed by atoms with E-state index in [9.17, 15) is 0 Å². The van der Waals surface area contributed by atoms with Crippen molar-refractivity contribution in [1.29, 1.82) is 0 Å². The first-order chi connectivity index (χ1) is 12.0. The topological polar surface area (TPSA) is 52.6 Å². The van der Waals surface area contributed by atoms with E-state index in [-0.39, 0.29) is 0 Å². The van der Waals surface area contributed by atoms with Crippen LogP contribution in [0.25, 0.3) is 0 Å². The summed E-state index contributed by atoms with van der Waals surface area (Å²) >= 11 is 0. The van der Waals surface area contributed by atoms with E-state index in [4.69, 9.17) is 4.99 Å². The number of hydrogen-bond acceptors (Lipinski definition) is 3. The number of aromatic nitrogens is 1. The molecule has 0 aliphatic rings. The minimum Gasteiger partial charge on any atom is -0.363 e. The second-order valence-electron chi connectivity index (χ2n) is 6.40. The van der Waals surface area contributed by atoms with Crippen molar-refractivity contribution in [2.75, 3.05) is 25.5 Å². The van der Waals surface area contributed by atoms with Crippen molar-refractivity contribution in [2.24, 2.45) is 4.99 Å². The number of guanidine groups is 1. The van der Waals surface area contributed by atoms with Gasteiger partial charge in [-0.2, -0.15) is 0 Å². The van der Waals surface area contributed by atoms with Gasteiger partial charge in [-0.15, -0.1) is 0 Å². The average Bonchev–Trinajstić information content (AvgIpc) is 2.59. The van der Waals surface area contributed by atoms with Gasteiger partial charge in [0, 0.05) is 33.4 Å². The van der Waals surface area contributed by atoms with E-state index < -0.39 is 0 Å². The summed E-state index contributed by atoms with van der Waals surface area (Å²) in [4.78, 5) is 11.0. The van der Waals surface area contributed by atoms with Crippen LogP contribution in [0.4, 0.5) is 5.82 Å². The molecule has 2 N–H and O–H groups in total. The van der Waals surface area contributed by atoms with Crippen LogP contribution in [0, 0.1) is 13.8 Å². The number of benzene rings is 1. The van der Waals surface area contributed by atoms with Gasteiger partial charge in [0.2, 0.25) is 0 Å². The highest BCUT2D eigenvalue weighted by atomic mass is 15.2. The monoisotopic (exact) mass is 339 g/mol. The van der Waals surface area contributed by atoms with E-state index in [0.29, 0.717) is 6.54 Å². The van der Waals surface area contributed by atoms with Crippen LogP contribution >= 0.6 is 0 Å². The molecule has 0 saturated carbocycles. The number of pyridine rings is 1. The number of aliphatic imine (C=N–C) groups is 1. The van der Waals surface area contributed by atoms with Crippen molar-refractivity contribution in [2.45, 2.75) is 33.9 Å². The molecule has 0 aliphatic heterocycles. The molecule has 1 heterocycles. The van der Waals surface area contributed by atoms with Gasteiger partial charge in [0.15, 0.2) is 5.96 Å². The van der Waals surface area contributed by atoms with Gasteiger partial charge in [-0.25, -0.2) is 9.98 Å². The molecule has 2 rings (SSSR count). The van der Waals surface area contributed by atoms with Crippen LogP contribution in [0.3, 0.4) is 0 Å². The molecule has 2 aromatic rings. The van der Waals surface area contributed by atoms with E-state index >= 15 is 0 Å². The number of rotatable bonds is 6. The van der Waals surface area contributed by atoms with E-state index in [2.05, 4.69) is 60.7 Å². The summed E-state index contributed by atoms with van der Waals surface area (Å²) < 4.78 is 0. The van der Waals surface area contributed by atoms with E-state index in [1.165, 1.54) is 16.7 Å². The van der Waals surface area contributed by atoms with Crippen molar-refractivity contribution < 1.29 is 0 Å². The maximum Gasteiger partial charge on any atom is 0.191 e. The number of nitrogens with one attached hydrogen (secondary N) is 2. The van der Waals surface area contributed by atoms with Crippen LogP contribution in [0.15, 0.2) is 41.5 Å². The fourth-order valence-electron chi connectivity index (χ4n) is 2.54. The third-order valence-electron chi connectivity index (χ3n) is 3.98. The molecule has 0 radical (unpaired) electrons. The standard InChI is InChI=1S/C20H29N5/c1-6-21-20(24-14-18-8-7-15(2)11-16(18)3)23-13-17-9-10-22-19(12-17)25(4)5/h7-12H,6,13-14H2,1-5H3,(H2,21,23,24). The Balaban J connectivity index is 2.04. The van der Waals surface area contributed by atoms with Crippen LogP contribution in [0.1, 0.15) is 29.2 Å². The lowest BCUT2D eigenvalue weighted by Crippen LogP contribution is -2.36. The van der Waals surface area contributed by atoms with Crippen LogP contribution in [0.5, 0.6) is 0 Å². The summed E-state index contributed by atoms with van der Waals surface area (Å²) in [7, 11) is 3.98. The SMILES string of the molecule is CCNC(=NCc1ccnc(N(C)C)c1)NCc1ccc(C)cc1C. The zero-order valence-electron chi connectivity index (χ0n) is 15.9. The van der Waals surface area contributed by atoms with E-state index in [1.807, 2.05) is 31.3 Å². The van der Waals surface area contributed by atoms with Crippen LogP contribution in [-0.4, -0.2) is 31.6 Å². The zero-order valence-corrected chi connectivity index (χ0v) is 15.9. The van der Waals surface area contributed by atoms with E-state index in [1.54, 1.807) is 0 Å². The van der Waals surface area contributed by atoms with Gasteiger partial charge in [-0.1, -0.05) is 23.8 Å². The Morgan fingerprint density at radius 2 is 1.92 bits per heavy atom. The highest BCUT2D eigenvalue weighted by Crippen LogP contribution is 2.11.